The smallest absolute Gasteiger partial charge is 0.246 e. The van der Waals surface area contributed by atoms with E-state index in [1.54, 1.807) is 0 Å². The number of hydrogen-bond acceptors (Lipinski definition) is 10. The van der Waals surface area contributed by atoms with E-state index in [1.807, 2.05) is 0 Å². The quantitative estimate of drug-likeness (QED) is 0.172. The lowest BCUT2D eigenvalue weighted by Gasteiger charge is -2.59. The molecule has 38 heavy (non-hydrogen) atoms. The molecule has 0 aromatic heterocycles. The molecule has 0 saturated heterocycles. The van der Waals surface area contributed by atoms with E-state index < -0.39 is 59.6 Å². The average molecular weight is 539 g/mol. The number of aliphatic hydroxyl groups excluding tert-OH is 4. The molecule has 0 aromatic carbocycles. The second kappa shape index (κ2) is 10.5. The predicted octanol–water partition coefficient (Wildman–Crippen LogP) is -0.982. The summed E-state index contributed by atoms with van der Waals surface area (Å²) in [7, 11) is 1.41. The third kappa shape index (κ3) is 4.34. The molecule has 5 aliphatic rings. The van der Waals surface area contributed by atoms with Crippen molar-refractivity contribution in [3.05, 3.63) is 0 Å². The largest absolute Gasteiger partial charge is 0.392 e. The van der Waals surface area contributed by atoms with Gasteiger partial charge in [-0.05, 0) is 68.1 Å². The summed E-state index contributed by atoms with van der Waals surface area (Å²) in [5.41, 5.74) is 5.80. The van der Waals surface area contributed by atoms with Crippen molar-refractivity contribution in [2.45, 2.75) is 87.9 Å². The number of carbonyl (C=O) groups is 3. The number of nitrogens with two attached hydrogens (primary N) is 1. The highest BCUT2D eigenvalue weighted by molar-refractivity contribution is 5.87. The molecule has 5 fully saturated rings. The van der Waals surface area contributed by atoms with Crippen molar-refractivity contribution in [1.82, 2.24) is 5.48 Å². The molecule has 0 aliphatic heterocycles. The van der Waals surface area contributed by atoms with Gasteiger partial charge in [-0.2, -0.15) is 0 Å². The van der Waals surface area contributed by atoms with Gasteiger partial charge in [0.2, 0.25) is 5.91 Å². The van der Waals surface area contributed by atoms with Gasteiger partial charge in [-0.3, -0.25) is 19.2 Å². The van der Waals surface area contributed by atoms with Gasteiger partial charge in [0.15, 0.2) is 0 Å². The Kier molecular flexibility index (Phi) is 7.75. The van der Waals surface area contributed by atoms with E-state index >= 15 is 0 Å². The molecule has 8 N–H and O–H groups in total. The number of hydroxylamine groups is 1. The molecule has 14 atom stereocenters. The Hall–Kier alpha value is -1.47. The number of fused-ring (bicyclic) bond motifs is 3. The highest BCUT2D eigenvalue weighted by atomic mass is 16.6. The maximum atomic E-state index is 14.0. The first-order valence-corrected chi connectivity index (χ1v) is 14.1. The SMILES string of the molecule is CONC(=O)C1CCCC(C2CCC(O)C3C(=O)C4C(O)[C@]5(O)C(O)C(C(N)O)C(=O)C[C@@H]5C[C@@H]4CC23)C1. The number of Topliss-reactive ketones (excluding diaryl/α,β-unsaturated/α-hetero) is 2. The molecule has 0 radical (unpaired) electrons. The van der Waals surface area contributed by atoms with Crippen molar-refractivity contribution in [1.29, 1.82) is 0 Å². The molecule has 0 spiro atoms. The summed E-state index contributed by atoms with van der Waals surface area (Å²) < 4.78 is 0. The van der Waals surface area contributed by atoms with E-state index in [0.29, 0.717) is 19.3 Å². The minimum Gasteiger partial charge on any atom is -0.392 e. The van der Waals surface area contributed by atoms with E-state index in [4.69, 9.17) is 10.6 Å². The van der Waals surface area contributed by atoms with Gasteiger partial charge in [-0.25, -0.2) is 5.48 Å². The standard InChI is InChI=1S/C27H42N2O9/c1-38-29-26(36)12-4-2-3-11(7-12)15-5-6-17(30)20-16(15)9-13-8-14-10-18(31)21(25(28)35)24(34)27(14,37)23(33)19(13)22(20)32/h11-17,19-21,23-25,30,33-35,37H,2-10,28H2,1H3,(H,29,36)/t11?,12?,13-,14+,15?,16?,17?,19?,20?,21?,23?,24?,25?,27+/m1/s1. The molecule has 214 valence electrons. The molecule has 0 heterocycles. The van der Waals surface area contributed by atoms with Crippen LogP contribution in [-0.4, -0.2) is 80.3 Å². The van der Waals surface area contributed by atoms with Gasteiger partial charge < -0.3 is 31.3 Å². The Bertz CT molecular complexity index is 946. The number of amides is 1. The highest BCUT2D eigenvalue weighted by Crippen LogP contribution is 2.58. The van der Waals surface area contributed by atoms with Crippen LogP contribution >= 0.6 is 0 Å². The van der Waals surface area contributed by atoms with Gasteiger partial charge in [0.1, 0.15) is 23.4 Å². The van der Waals surface area contributed by atoms with Crippen LogP contribution in [0.25, 0.3) is 0 Å². The lowest BCUT2D eigenvalue weighted by molar-refractivity contribution is -0.254. The van der Waals surface area contributed by atoms with Gasteiger partial charge in [-0.1, -0.05) is 12.8 Å². The first-order valence-electron chi connectivity index (χ1n) is 14.1. The van der Waals surface area contributed by atoms with Gasteiger partial charge in [0.05, 0.1) is 31.3 Å². The third-order valence-corrected chi connectivity index (χ3v) is 10.9. The first kappa shape index (κ1) is 28.1. The van der Waals surface area contributed by atoms with E-state index in [2.05, 4.69) is 5.48 Å². The topological polar surface area (TPSA) is 200 Å². The monoisotopic (exact) mass is 538 g/mol. The third-order valence-electron chi connectivity index (χ3n) is 10.9. The fraction of sp³-hybridized carbons (Fsp3) is 0.889. The zero-order valence-corrected chi connectivity index (χ0v) is 21.8. The van der Waals surface area contributed by atoms with E-state index in [0.717, 1.165) is 25.7 Å². The number of aliphatic hydroxyl groups is 5. The Balaban J connectivity index is 1.40. The van der Waals surface area contributed by atoms with Crippen molar-refractivity contribution in [2.24, 2.45) is 59.0 Å². The summed E-state index contributed by atoms with van der Waals surface area (Å²) in [6.07, 6.45) is -0.840. The number of carbonyl (C=O) groups excluding carboxylic acids is 3. The van der Waals surface area contributed by atoms with Crippen molar-refractivity contribution < 1.29 is 44.8 Å². The zero-order valence-electron chi connectivity index (χ0n) is 21.8. The summed E-state index contributed by atoms with van der Waals surface area (Å²) in [4.78, 5) is 44.0. The Morgan fingerprint density at radius 2 is 1.74 bits per heavy atom. The molecule has 1 amide bonds. The fourth-order valence-electron chi connectivity index (χ4n) is 9.23. The van der Waals surface area contributed by atoms with Crippen LogP contribution in [0.5, 0.6) is 0 Å². The Labute approximate surface area is 222 Å². The summed E-state index contributed by atoms with van der Waals surface area (Å²) in [6.45, 7) is 0. The minimum absolute atomic E-state index is 0.122. The van der Waals surface area contributed by atoms with E-state index in [1.165, 1.54) is 7.11 Å². The molecule has 11 nitrogen and oxygen atoms in total. The second-order valence-corrected chi connectivity index (χ2v) is 12.6. The van der Waals surface area contributed by atoms with Crippen LogP contribution < -0.4 is 11.2 Å². The molecule has 5 rings (SSSR count). The zero-order chi connectivity index (χ0) is 27.5. The molecule has 5 saturated carbocycles. The van der Waals surface area contributed by atoms with E-state index in [-0.39, 0.29) is 54.1 Å². The molecular formula is C27H42N2O9. The predicted molar refractivity (Wildman–Crippen MR) is 131 cm³/mol. The van der Waals surface area contributed by atoms with Crippen molar-refractivity contribution >= 4 is 17.5 Å². The van der Waals surface area contributed by atoms with Crippen molar-refractivity contribution in [2.75, 3.05) is 7.11 Å². The summed E-state index contributed by atoms with van der Waals surface area (Å²) in [5.74, 6) is -5.07. The minimum atomic E-state index is -2.16. The van der Waals surface area contributed by atoms with Gasteiger partial charge in [0, 0.05) is 24.2 Å². The van der Waals surface area contributed by atoms with Gasteiger partial charge in [0.25, 0.3) is 0 Å². The van der Waals surface area contributed by atoms with Crippen LogP contribution in [0.2, 0.25) is 0 Å². The first-order chi connectivity index (χ1) is 18.0. The molecule has 11 heteroatoms. The van der Waals surface area contributed by atoms with Crippen LogP contribution in [0, 0.1) is 53.3 Å². The normalized spacial score (nSPS) is 49.9. The lowest BCUT2D eigenvalue weighted by atomic mass is 9.47. The number of ketones is 2. The Morgan fingerprint density at radius 1 is 1.00 bits per heavy atom. The van der Waals surface area contributed by atoms with E-state index in [9.17, 15) is 39.9 Å². The van der Waals surface area contributed by atoms with Crippen molar-refractivity contribution in [3.63, 3.8) is 0 Å². The van der Waals surface area contributed by atoms with Crippen LogP contribution in [0.1, 0.15) is 57.8 Å². The highest BCUT2D eigenvalue weighted by Gasteiger charge is 2.67. The van der Waals surface area contributed by atoms with Gasteiger partial charge in [-0.15, -0.1) is 0 Å². The summed E-state index contributed by atoms with van der Waals surface area (Å²) in [5, 5.41) is 54.8. The van der Waals surface area contributed by atoms with Crippen LogP contribution in [0.4, 0.5) is 0 Å². The van der Waals surface area contributed by atoms with Crippen LogP contribution in [0.3, 0.4) is 0 Å². The second-order valence-electron chi connectivity index (χ2n) is 12.6. The molecule has 0 aromatic rings. The molecule has 0 bridgehead atoms. The number of nitrogens with one attached hydrogen (secondary N) is 1. The van der Waals surface area contributed by atoms with Crippen molar-refractivity contribution in [3.8, 4) is 0 Å². The van der Waals surface area contributed by atoms with Crippen LogP contribution in [-0.2, 0) is 19.2 Å². The maximum Gasteiger partial charge on any atom is 0.246 e. The average Bonchev–Trinajstić information content (AvgIpc) is 2.86. The fourth-order valence-corrected chi connectivity index (χ4v) is 9.23. The summed E-state index contributed by atoms with van der Waals surface area (Å²) >= 11 is 0. The number of hydrogen-bond donors (Lipinski definition) is 7. The maximum absolute atomic E-state index is 14.0. The van der Waals surface area contributed by atoms with Crippen LogP contribution in [0.15, 0.2) is 0 Å². The Morgan fingerprint density at radius 3 is 2.42 bits per heavy atom. The lowest BCUT2D eigenvalue weighted by Crippen LogP contribution is -2.73. The van der Waals surface area contributed by atoms with Gasteiger partial charge >= 0.3 is 0 Å². The summed E-state index contributed by atoms with van der Waals surface area (Å²) in [6, 6.07) is 0. The molecule has 5 aliphatic carbocycles. The number of rotatable bonds is 4. The molecular weight excluding hydrogens is 496 g/mol. The molecule has 11 unspecified atom stereocenters.